The summed E-state index contributed by atoms with van der Waals surface area (Å²) in [6.45, 7) is 4.05. The zero-order valence-corrected chi connectivity index (χ0v) is 13.7. The number of aromatic nitrogens is 2. The summed E-state index contributed by atoms with van der Waals surface area (Å²) >= 11 is 1.40. The molecule has 0 saturated heterocycles. The van der Waals surface area contributed by atoms with Gasteiger partial charge in [-0.05, 0) is 50.8 Å². The number of nitrogens with one attached hydrogen (secondary N) is 1. The molecule has 114 valence electrons. The zero-order valence-electron chi connectivity index (χ0n) is 12.8. The van der Waals surface area contributed by atoms with Crippen LogP contribution < -0.4 is 5.32 Å². The van der Waals surface area contributed by atoms with Gasteiger partial charge >= 0.3 is 0 Å². The van der Waals surface area contributed by atoms with Crippen molar-refractivity contribution in [1.82, 2.24) is 9.97 Å². The van der Waals surface area contributed by atoms with Gasteiger partial charge in [0.05, 0.1) is 5.75 Å². The first kappa shape index (κ1) is 15.0. The second kappa shape index (κ2) is 6.48. The molecule has 1 aliphatic rings. The van der Waals surface area contributed by atoms with Gasteiger partial charge in [0.1, 0.15) is 0 Å². The summed E-state index contributed by atoms with van der Waals surface area (Å²) < 4.78 is 0. The number of anilines is 1. The van der Waals surface area contributed by atoms with E-state index >= 15 is 0 Å². The van der Waals surface area contributed by atoms with Crippen LogP contribution in [0.25, 0.3) is 0 Å². The van der Waals surface area contributed by atoms with Crippen LogP contribution in [0.5, 0.6) is 0 Å². The molecule has 0 aliphatic heterocycles. The van der Waals surface area contributed by atoms with Crippen LogP contribution in [0.4, 0.5) is 5.69 Å². The molecule has 1 aromatic heterocycles. The van der Waals surface area contributed by atoms with Gasteiger partial charge in [0.25, 0.3) is 0 Å². The molecule has 0 radical (unpaired) electrons. The van der Waals surface area contributed by atoms with Crippen LogP contribution in [0.2, 0.25) is 0 Å². The number of thioether (sulfide) groups is 1. The number of fused-ring (bicyclic) bond motifs is 1. The van der Waals surface area contributed by atoms with Crippen LogP contribution in [0.1, 0.15) is 28.9 Å². The van der Waals surface area contributed by atoms with Crippen molar-refractivity contribution in [2.45, 2.75) is 38.3 Å². The number of hydrogen-bond donors (Lipinski definition) is 1. The van der Waals surface area contributed by atoms with Crippen molar-refractivity contribution in [1.29, 1.82) is 0 Å². The first-order valence-corrected chi connectivity index (χ1v) is 8.46. The summed E-state index contributed by atoms with van der Waals surface area (Å²) in [5.74, 6) is 0.294. The Morgan fingerprint density at radius 1 is 1.18 bits per heavy atom. The van der Waals surface area contributed by atoms with Crippen LogP contribution in [0.3, 0.4) is 0 Å². The first-order chi connectivity index (χ1) is 10.6. The minimum atomic E-state index is -0.0318. The number of rotatable bonds is 4. The quantitative estimate of drug-likeness (QED) is 0.695. The predicted octanol–water partition coefficient (Wildman–Crippen LogP) is 3.31. The van der Waals surface area contributed by atoms with Crippen LogP contribution in [0.15, 0.2) is 29.4 Å². The Morgan fingerprint density at radius 2 is 1.95 bits per heavy atom. The number of carbonyl (C=O) groups excluding carboxylic acids is 1. The number of hydrogen-bond acceptors (Lipinski definition) is 4. The lowest BCUT2D eigenvalue weighted by atomic mass is 10.2. The van der Waals surface area contributed by atoms with E-state index in [0.717, 1.165) is 36.3 Å². The molecule has 0 unspecified atom stereocenters. The van der Waals surface area contributed by atoms with E-state index in [9.17, 15) is 4.79 Å². The maximum atomic E-state index is 12.0. The van der Waals surface area contributed by atoms with Gasteiger partial charge in [-0.15, -0.1) is 0 Å². The Labute approximate surface area is 134 Å². The van der Waals surface area contributed by atoms with Crippen LogP contribution >= 0.6 is 11.8 Å². The summed E-state index contributed by atoms with van der Waals surface area (Å²) in [5, 5.41) is 3.60. The zero-order chi connectivity index (χ0) is 15.5. The number of nitrogens with zero attached hydrogens (tertiary/aromatic N) is 2. The Balaban J connectivity index is 1.59. The van der Waals surface area contributed by atoms with Gasteiger partial charge < -0.3 is 5.32 Å². The monoisotopic (exact) mass is 313 g/mol. The minimum Gasteiger partial charge on any atom is -0.325 e. The van der Waals surface area contributed by atoms with Crippen molar-refractivity contribution in [3.05, 3.63) is 46.8 Å². The van der Waals surface area contributed by atoms with Gasteiger partial charge in [0.15, 0.2) is 5.16 Å². The molecule has 0 bridgehead atoms. The summed E-state index contributed by atoms with van der Waals surface area (Å²) in [6, 6.07) is 7.79. The van der Waals surface area contributed by atoms with E-state index in [0.29, 0.717) is 10.9 Å². The first-order valence-electron chi connectivity index (χ1n) is 7.47. The summed E-state index contributed by atoms with van der Waals surface area (Å²) in [6.07, 6.45) is 3.27. The van der Waals surface area contributed by atoms with Crippen LogP contribution in [0, 0.1) is 13.8 Å². The lowest BCUT2D eigenvalue weighted by Gasteiger charge is -2.07. The third-order valence-corrected chi connectivity index (χ3v) is 4.63. The molecule has 0 spiro atoms. The molecule has 2 aromatic rings. The summed E-state index contributed by atoms with van der Waals surface area (Å²) in [7, 11) is 0. The number of benzene rings is 1. The highest BCUT2D eigenvalue weighted by molar-refractivity contribution is 7.99. The molecular weight excluding hydrogens is 294 g/mol. The standard InChI is InChI=1S/C17H19N3OS/c1-11-6-8-13(9-7-11)19-16(21)10-22-17-18-12(2)14-4-3-5-15(14)20-17/h6-9H,3-5,10H2,1-2H3,(H,19,21). The molecule has 0 fully saturated rings. The van der Waals surface area contributed by atoms with E-state index in [-0.39, 0.29) is 5.91 Å². The maximum absolute atomic E-state index is 12.0. The van der Waals surface area contributed by atoms with Gasteiger partial charge in [-0.2, -0.15) is 0 Å². The maximum Gasteiger partial charge on any atom is 0.234 e. The third kappa shape index (κ3) is 3.47. The molecule has 0 saturated carbocycles. The van der Waals surface area contributed by atoms with E-state index in [2.05, 4.69) is 15.3 Å². The van der Waals surface area contributed by atoms with Gasteiger partial charge in [-0.25, -0.2) is 9.97 Å². The van der Waals surface area contributed by atoms with Crippen molar-refractivity contribution in [3.8, 4) is 0 Å². The molecule has 1 aromatic carbocycles. The largest absolute Gasteiger partial charge is 0.325 e. The molecule has 3 rings (SSSR count). The molecule has 1 N–H and O–H groups in total. The average Bonchev–Trinajstić information content (AvgIpc) is 2.97. The number of amides is 1. The van der Waals surface area contributed by atoms with E-state index in [1.165, 1.54) is 22.9 Å². The Kier molecular flexibility index (Phi) is 4.43. The van der Waals surface area contributed by atoms with Crippen LogP contribution in [-0.2, 0) is 17.6 Å². The molecule has 1 aliphatic carbocycles. The van der Waals surface area contributed by atoms with Crippen molar-refractivity contribution in [3.63, 3.8) is 0 Å². The average molecular weight is 313 g/mol. The third-order valence-electron chi connectivity index (χ3n) is 3.79. The fourth-order valence-electron chi connectivity index (χ4n) is 2.62. The van der Waals surface area contributed by atoms with Crippen LogP contribution in [-0.4, -0.2) is 21.6 Å². The van der Waals surface area contributed by atoms with Crippen molar-refractivity contribution < 1.29 is 4.79 Å². The van der Waals surface area contributed by atoms with Crippen molar-refractivity contribution >= 4 is 23.4 Å². The molecule has 22 heavy (non-hydrogen) atoms. The lowest BCUT2D eigenvalue weighted by molar-refractivity contribution is -0.113. The Morgan fingerprint density at radius 3 is 2.73 bits per heavy atom. The Hall–Kier alpha value is -1.88. The second-order valence-electron chi connectivity index (χ2n) is 5.57. The summed E-state index contributed by atoms with van der Waals surface area (Å²) in [5.41, 5.74) is 5.52. The molecule has 4 nitrogen and oxygen atoms in total. The summed E-state index contributed by atoms with van der Waals surface area (Å²) in [4.78, 5) is 21.1. The molecule has 1 heterocycles. The SMILES string of the molecule is Cc1ccc(NC(=O)CSc2nc(C)c3c(n2)CCC3)cc1. The number of carbonyl (C=O) groups is 1. The lowest BCUT2D eigenvalue weighted by Crippen LogP contribution is -2.14. The van der Waals surface area contributed by atoms with E-state index in [4.69, 9.17) is 0 Å². The molecular formula is C17H19N3OS. The number of aryl methyl sites for hydroxylation is 3. The minimum absolute atomic E-state index is 0.0318. The van der Waals surface area contributed by atoms with Gasteiger partial charge in [-0.3, -0.25) is 4.79 Å². The van der Waals surface area contributed by atoms with Gasteiger partial charge in [0, 0.05) is 17.1 Å². The smallest absolute Gasteiger partial charge is 0.234 e. The van der Waals surface area contributed by atoms with E-state index < -0.39 is 0 Å². The van der Waals surface area contributed by atoms with Gasteiger partial charge in [-0.1, -0.05) is 29.5 Å². The highest BCUT2D eigenvalue weighted by Gasteiger charge is 2.17. The molecule has 1 amide bonds. The van der Waals surface area contributed by atoms with Crippen molar-refractivity contribution in [2.24, 2.45) is 0 Å². The second-order valence-corrected chi connectivity index (χ2v) is 6.52. The normalized spacial score (nSPS) is 13.0. The van der Waals surface area contributed by atoms with Gasteiger partial charge in [0.2, 0.25) is 5.91 Å². The highest BCUT2D eigenvalue weighted by Crippen LogP contribution is 2.25. The van der Waals surface area contributed by atoms with E-state index in [1.54, 1.807) is 0 Å². The fourth-order valence-corrected chi connectivity index (χ4v) is 3.33. The van der Waals surface area contributed by atoms with E-state index in [1.807, 2.05) is 38.1 Å². The topological polar surface area (TPSA) is 54.9 Å². The molecule has 0 atom stereocenters. The molecule has 5 heteroatoms. The van der Waals surface area contributed by atoms with Crippen molar-refractivity contribution in [2.75, 3.05) is 11.1 Å². The Bertz CT molecular complexity index is 698. The predicted molar refractivity (Wildman–Crippen MR) is 89.3 cm³/mol. The fraction of sp³-hybridized carbons (Fsp3) is 0.353. The highest BCUT2D eigenvalue weighted by atomic mass is 32.2.